The van der Waals surface area contributed by atoms with E-state index in [0.717, 1.165) is 66.9 Å². The fourth-order valence-electron chi connectivity index (χ4n) is 9.42. The van der Waals surface area contributed by atoms with Gasteiger partial charge in [-0.05, 0) is 99.1 Å². The van der Waals surface area contributed by atoms with E-state index < -0.39 is 5.41 Å². The second-order valence-corrected chi connectivity index (χ2v) is 14.4. The molecule has 0 saturated heterocycles. The second-order valence-electron chi connectivity index (χ2n) is 14.4. The first-order chi connectivity index (χ1) is 26.8. The molecule has 252 valence electrons. The Morgan fingerprint density at radius 3 is 1.81 bits per heavy atom. The van der Waals surface area contributed by atoms with Crippen molar-refractivity contribution in [1.29, 1.82) is 0 Å². The summed E-state index contributed by atoms with van der Waals surface area (Å²) in [7, 11) is 0. The molecular formula is C51H31NO2. The molecule has 3 nitrogen and oxygen atoms in total. The van der Waals surface area contributed by atoms with Crippen LogP contribution < -0.4 is 4.90 Å². The van der Waals surface area contributed by atoms with Gasteiger partial charge in [-0.15, -0.1) is 0 Å². The van der Waals surface area contributed by atoms with Crippen LogP contribution in [0.3, 0.4) is 0 Å². The van der Waals surface area contributed by atoms with Gasteiger partial charge in [-0.25, -0.2) is 0 Å². The summed E-state index contributed by atoms with van der Waals surface area (Å²) in [4.78, 5) is 2.31. The van der Waals surface area contributed by atoms with Crippen molar-refractivity contribution in [3.8, 4) is 33.4 Å². The summed E-state index contributed by atoms with van der Waals surface area (Å²) in [6.07, 6.45) is 0. The van der Waals surface area contributed by atoms with E-state index in [1.165, 1.54) is 38.9 Å². The molecule has 2 aliphatic rings. The lowest BCUT2D eigenvalue weighted by Crippen LogP contribution is -2.25. The molecule has 0 amide bonds. The minimum atomic E-state index is -0.567. The second kappa shape index (κ2) is 11.0. The van der Waals surface area contributed by atoms with Gasteiger partial charge >= 0.3 is 0 Å². The average Bonchev–Trinajstić information content (AvgIpc) is 3.96. The van der Waals surface area contributed by atoms with E-state index in [4.69, 9.17) is 8.83 Å². The molecule has 0 bridgehead atoms. The van der Waals surface area contributed by atoms with Crippen LogP contribution in [0.15, 0.2) is 197 Å². The van der Waals surface area contributed by atoms with Crippen LogP contribution in [0.5, 0.6) is 0 Å². The monoisotopic (exact) mass is 689 g/mol. The van der Waals surface area contributed by atoms with Gasteiger partial charge in [-0.2, -0.15) is 0 Å². The first-order valence-corrected chi connectivity index (χ1v) is 18.5. The topological polar surface area (TPSA) is 29.5 Å². The maximum absolute atomic E-state index is 6.97. The number of hydrogen-bond acceptors (Lipinski definition) is 3. The van der Waals surface area contributed by atoms with E-state index in [9.17, 15) is 0 Å². The first kappa shape index (κ1) is 29.5. The third-order valence-electron chi connectivity index (χ3n) is 11.7. The molecule has 0 aliphatic heterocycles. The molecule has 1 spiro atoms. The highest BCUT2D eigenvalue weighted by atomic mass is 16.3. The van der Waals surface area contributed by atoms with Crippen molar-refractivity contribution >= 4 is 50.0 Å². The van der Waals surface area contributed by atoms with Gasteiger partial charge in [-0.3, -0.25) is 0 Å². The summed E-state index contributed by atoms with van der Waals surface area (Å²) < 4.78 is 13.3. The molecule has 12 rings (SSSR count). The summed E-state index contributed by atoms with van der Waals surface area (Å²) in [6, 6.07) is 67.5. The molecule has 0 saturated carbocycles. The first-order valence-electron chi connectivity index (χ1n) is 18.5. The molecule has 0 fully saturated rings. The van der Waals surface area contributed by atoms with Crippen LogP contribution in [0, 0.1) is 0 Å². The number of fused-ring (bicyclic) bond motifs is 15. The quantitative estimate of drug-likeness (QED) is 0.184. The van der Waals surface area contributed by atoms with Gasteiger partial charge in [0.15, 0.2) is 0 Å². The van der Waals surface area contributed by atoms with Crippen LogP contribution in [-0.2, 0) is 5.41 Å². The highest BCUT2D eigenvalue weighted by molar-refractivity contribution is 6.07. The maximum atomic E-state index is 6.97. The van der Waals surface area contributed by atoms with Crippen LogP contribution in [-0.4, -0.2) is 0 Å². The number of benzene rings is 8. The van der Waals surface area contributed by atoms with Crippen LogP contribution in [0.2, 0.25) is 0 Å². The fraction of sp³-hybridized carbons (Fsp3) is 0.0196. The van der Waals surface area contributed by atoms with Gasteiger partial charge in [-0.1, -0.05) is 127 Å². The summed E-state index contributed by atoms with van der Waals surface area (Å²) in [6.45, 7) is 0. The molecule has 54 heavy (non-hydrogen) atoms. The van der Waals surface area contributed by atoms with Gasteiger partial charge in [0.1, 0.15) is 27.9 Å². The van der Waals surface area contributed by atoms with Crippen LogP contribution in [0.4, 0.5) is 17.1 Å². The maximum Gasteiger partial charge on any atom is 0.137 e. The largest absolute Gasteiger partial charge is 0.459 e. The van der Waals surface area contributed by atoms with E-state index in [0.29, 0.717) is 0 Å². The van der Waals surface area contributed by atoms with E-state index in [1.54, 1.807) is 0 Å². The lowest BCUT2D eigenvalue weighted by atomic mass is 9.73. The predicted octanol–water partition coefficient (Wildman–Crippen LogP) is 13.8. The molecule has 10 aromatic rings. The molecule has 8 aromatic carbocycles. The standard InChI is InChI=1S/C51H31NO2/c1-2-14-34(15-3-1)52(36-26-28-40-39-18-6-10-23-46(39)53-48(40)31-36)35-16-12-13-32(29-35)33-25-27-38-37-17-4-8-21-43(37)51(45(38)30-33)44-22-9-5-19-41(44)49-42-20-7-11-24-47(42)54-50(49)51/h1-31H. The molecule has 1 unspecified atom stereocenters. The molecule has 3 heteroatoms. The summed E-state index contributed by atoms with van der Waals surface area (Å²) in [5.74, 6) is 1.01. The number of nitrogens with zero attached hydrogens (tertiary/aromatic N) is 1. The van der Waals surface area contributed by atoms with E-state index in [-0.39, 0.29) is 0 Å². The van der Waals surface area contributed by atoms with Gasteiger partial charge in [0.05, 0.1) is 0 Å². The Morgan fingerprint density at radius 1 is 0.352 bits per heavy atom. The third-order valence-corrected chi connectivity index (χ3v) is 11.7. The van der Waals surface area contributed by atoms with Gasteiger partial charge in [0.2, 0.25) is 0 Å². The molecule has 1 atom stereocenters. The highest BCUT2D eigenvalue weighted by Crippen LogP contribution is 2.64. The number of hydrogen-bond donors (Lipinski definition) is 0. The van der Waals surface area contributed by atoms with Crippen molar-refractivity contribution in [3.05, 3.63) is 211 Å². The number of para-hydroxylation sites is 3. The highest BCUT2D eigenvalue weighted by Gasteiger charge is 2.55. The van der Waals surface area contributed by atoms with E-state index >= 15 is 0 Å². The summed E-state index contributed by atoms with van der Waals surface area (Å²) in [5.41, 5.74) is 16.4. The minimum absolute atomic E-state index is 0.567. The van der Waals surface area contributed by atoms with Crippen LogP contribution in [0.1, 0.15) is 22.5 Å². The minimum Gasteiger partial charge on any atom is -0.459 e. The fourth-order valence-corrected chi connectivity index (χ4v) is 9.42. The van der Waals surface area contributed by atoms with Crippen LogP contribution in [0.25, 0.3) is 66.3 Å². The van der Waals surface area contributed by atoms with Gasteiger partial charge in [0, 0.05) is 44.9 Å². The van der Waals surface area contributed by atoms with Crippen molar-refractivity contribution < 1.29 is 8.83 Å². The average molecular weight is 690 g/mol. The van der Waals surface area contributed by atoms with Crippen LogP contribution >= 0.6 is 0 Å². The molecule has 0 radical (unpaired) electrons. The van der Waals surface area contributed by atoms with E-state index in [1.807, 2.05) is 12.1 Å². The Morgan fingerprint density at radius 2 is 0.963 bits per heavy atom. The Hall–Kier alpha value is -7.10. The smallest absolute Gasteiger partial charge is 0.137 e. The molecule has 2 aliphatic carbocycles. The molecule has 2 heterocycles. The lowest BCUT2D eigenvalue weighted by molar-refractivity contribution is 0.507. The van der Waals surface area contributed by atoms with Crippen molar-refractivity contribution in [1.82, 2.24) is 0 Å². The number of anilines is 3. The van der Waals surface area contributed by atoms with Crippen molar-refractivity contribution in [2.24, 2.45) is 0 Å². The lowest BCUT2D eigenvalue weighted by Gasteiger charge is -2.28. The molecule has 2 aromatic heterocycles. The zero-order valence-electron chi connectivity index (χ0n) is 29.2. The molecule has 0 N–H and O–H groups in total. The van der Waals surface area contributed by atoms with Crippen molar-refractivity contribution in [2.45, 2.75) is 5.41 Å². The number of rotatable bonds is 4. The Bertz CT molecular complexity index is 3130. The zero-order valence-corrected chi connectivity index (χ0v) is 29.2. The molecular weight excluding hydrogens is 659 g/mol. The SMILES string of the molecule is c1ccc(N(c2cccc(-c3ccc4c(c3)C3(c5ccccc5-4)c4ccccc4-c4c3oc3ccccc43)c2)c2ccc3c(c2)oc2ccccc23)cc1. The van der Waals surface area contributed by atoms with Gasteiger partial charge < -0.3 is 13.7 Å². The van der Waals surface area contributed by atoms with Crippen molar-refractivity contribution in [2.75, 3.05) is 4.90 Å². The van der Waals surface area contributed by atoms with Gasteiger partial charge in [0.25, 0.3) is 0 Å². The van der Waals surface area contributed by atoms with Crippen molar-refractivity contribution in [3.63, 3.8) is 0 Å². The Kier molecular flexibility index (Phi) is 5.98. The Labute approximate surface area is 312 Å². The Balaban J connectivity index is 1.05. The normalized spacial score (nSPS) is 15.1. The third kappa shape index (κ3) is 3.90. The predicted molar refractivity (Wildman–Crippen MR) is 220 cm³/mol. The zero-order chi connectivity index (χ0) is 35.4. The number of furan rings is 2. The summed E-state index contributed by atoms with van der Waals surface area (Å²) in [5, 5.41) is 3.40. The summed E-state index contributed by atoms with van der Waals surface area (Å²) >= 11 is 0. The van der Waals surface area contributed by atoms with E-state index in [2.05, 4.69) is 181 Å².